The van der Waals surface area contributed by atoms with Crippen molar-refractivity contribution in [2.24, 2.45) is 0 Å². The maximum Gasteiger partial charge on any atom is 0.255 e. The normalized spacial score (nSPS) is 10.3. The van der Waals surface area contributed by atoms with Crippen molar-refractivity contribution >= 4 is 44.8 Å². The summed E-state index contributed by atoms with van der Waals surface area (Å²) in [5, 5.41) is 2.76. The lowest BCUT2D eigenvalue weighted by atomic mass is 10.1. The van der Waals surface area contributed by atoms with Crippen molar-refractivity contribution in [3.8, 4) is 0 Å². The van der Waals surface area contributed by atoms with Gasteiger partial charge in [-0.25, -0.2) is 8.78 Å². The summed E-state index contributed by atoms with van der Waals surface area (Å²) in [5.74, 6) is -1.76. The second kappa shape index (κ2) is 7.61. The van der Waals surface area contributed by atoms with Crippen molar-refractivity contribution in [2.75, 3.05) is 12.4 Å². The first-order valence-corrected chi connectivity index (χ1v) is 7.72. The minimum Gasteiger partial charge on any atom is -0.490 e. The maximum absolute atomic E-state index is 14.0. The van der Waals surface area contributed by atoms with E-state index in [2.05, 4.69) is 21.2 Å². The molecule has 23 heavy (non-hydrogen) atoms. The van der Waals surface area contributed by atoms with Crippen molar-refractivity contribution in [1.82, 2.24) is 0 Å². The van der Waals surface area contributed by atoms with E-state index in [4.69, 9.17) is 17.0 Å². The fraction of sp³-hybridized carbons (Fsp3) is 0.125. The van der Waals surface area contributed by atoms with Gasteiger partial charge in [-0.05, 0) is 48.1 Å². The van der Waals surface area contributed by atoms with E-state index >= 15 is 0 Å². The molecule has 0 aliphatic carbocycles. The fourth-order valence-electron chi connectivity index (χ4n) is 1.88. The minimum absolute atomic E-state index is 0.0173. The third-order valence-electron chi connectivity index (χ3n) is 3.03. The Morgan fingerprint density at radius 3 is 2.70 bits per heavy atom. The number of carbonyl (C=O) groups excluding carboxylic acids is 1. The molecule has 0 aliphatic rings. The predicted octanol–water partition coefficient (Wildman–Crippen LogP) is 4.50. The molecule has 0 unspecified atom stereocenters. The Hall–Kier alpha value is -1.86. The number of rotatable bonds is 4. The number of carbonyl (C=O) groups is 1. The topological polar surface area (TPSA) is 38.3 Å². The number of anilines is 1. The smallest absolute Gasteiger partial charge is 0.255 e. The Morgan fingerprint density at radius 1 is 1.30 bits per heavy atom. The van der Waals surface area contributed by atoms with Gasteiger partial charge in [0.2, 0.25) is 0 Å². The van der Waals surface area contributed by atoms with Crippen LogP contribution in [0.3, 0.4) is 0 Å². The van der Waals surface area contributed by atoms with Gasteiger partial charge in [0.15, 0.2) is 5.05 Å². The Labute approximate surface area is 145 Å². The van der Waals surface area contributed by atoms with Gasteiger partial charge >= 0.3 is 0 Å². The number of nitrogens with one attached hydrogen (secondary N) is 1. The maximum atomic E-state index is 14.0. The van der Waals surface area contributed by atoms with Crippen LogP contribution in [-0.4, -0.2) is 18.1 Å². The van der Waals surface area contributed by atoms with E-state index in [9.17, 15) is 13.6 Å². The summed E-state index contributed by atoms with van der Waals surface area (Å²) in [6.07, 6.45) is 0.287. The summed E-state index contributed by atoms with van der Waals surface area (Å²) in [5.41, 5.74) is 0.741. The molecule has 0 atom stereocenters. The van der Waals surface area contributed by atoms with Gasteiger partial charge in [0.05, 0.1) is 12.8 Å². The Kier molecular flexibility index (Phi) is 5.79. The molecule has 0 saturated carbocycles. The molecule has 2 rings (SSSR count). The summed E-state index contributed by atoms with van der Waals surface area (Å²) in [6.45, 7) is 0. The number of ether oxygens (including phenoxy) is 1. The molecule has 0 bridgehead atoms. The number of hydrogen-bond acceptors (Lipinski definition) is 3. The average Bonchev–Trinajstić information content (AvgIpc) is 2.51. The van der Waals surface area contributed by atoms with Crippen LogP contribution < -0.4 is 5.32 Å². The Bertz CT molecular complexity index is 768. The van der Waals surface area contributed by atoms with Crippen molar-refractivity contribution in [3.05, 3.63) is 63.6 Å². The largest absolute Gasteiger partial charge is 0.490 e. The van der Waals surface area contributed by atoms with E-state index in [1.807, 2.05) is 0 Å². The van der Waals surface area contributed by atoms with E-state index in [1.54, 1.807) is 0 Å². The molecule has 2 aromatic carbocycles. The van der Waals surface area contributed by atoms with Gasteiger partial charge < -0.3 is 10.1 Å². The van der Waals surface area contributed by atoms with Crippen molar-refractivity contribution in [2.45, 2.75) is 6.42 Å². The highest BCUT2D eigenvalue weighted by Gasteiger charge is 2.14. The van der Waals surface area contributed by atoms with E-state index in [-0.39, 0.29) is 17.7 Å². The van der Waals surface area contributed by atoms with Gasteiger partial charge in [0.25, 0.3) is 5.91 Å². The van der Waals surface area contributed by atoms with Crippen molar-refractivity contribution in [3.63, 3.8) is 0 Å². The van der Waals surface area contributed by atoms with E-state index in [0.717, 1.165) is 6.07 Å². The second-order valence-corrected chi connectivity index (χ2v) is 5.95. The number of benzene rings is 2. The molecule has 120 valence electrons. The van der Waals surface area contributed by atoms with Gasteiger partial charge in [-0.15, -0.1) is 0 Å². The molecule has 0 heterocycles. The molecular weight excluding hydrogens is 388 g/mol. The number of methoxy groups -OCH3 is 1. The number of hydrogen-bond donors (Lipinski definition) is 1. The van der Waals surface area contributed by atoms with E-state index in [0.29, 0.717) is 15.1 Å². The van der Waals surface area contributed by atoms with Crippen LogP contribution >= 0.6 is 28.1 Å². The van der Waals surface area contributed by atoms with Crippen LogP contribution in [0.2, 0.25) is 0 Å². The predicted molar refractivity (Wildman–Crippen MR) is 91.8 cm³/mol. The summed E-state index contributed by atoms with van der Waals surface area (Å²) in [6, 6.07) is 7.84. The number of thiocarbonyl (C=S) groups is 1. The molecule has 0 radical (unpaired) electrons. The lowest BCUT2D eigenvalue weighted by Gasteiger charge is -2.11. The lowest BCUT2D eigenvalue weighted by molar-refractivity contribution is 0.102. The summed E-state index contributed by atoms with van der Waals surface area (Å²) < 4.78 is 32.6. The zero-order valence-electron chi connectivity index (χ0n) is 12.0. The molecule has 0 fully saturated rings. The molecule has 2 aromatic rings. The van der Waals surface area contributed by atoms with Crippen LogP contribution in [0.4, 0.5) is 14.5 Å². The van der Waals surface area contributed by atoms with Crippen molar-refractivity contribution < 1.29 is 18.3 Å². The summed E-state index contributed by atoms with van der Waals surface area (Å²) >= 11 is 8.23. The number of amides is 1. The van der Waals surface area contributed by atoms with Crippen LogP contribution in [0.5, 0.6) is 0 Å². The van der Waals surface area contributed by atoms with Crippen molar-refractivity contribution in [1.29, 1.82) is 0 Å². The second-order valence-electron chi connectivity index (χ2n) is 4.64. The first-order valence-electron chi connectivity index (χ1n) is 6.52. The molecule has 0 aromatic heterocycles. The average molecular weight is 400 g/mol. The SMILES string of the molecule is COC(=S)Cc1cc(NC(=O)c2cccc(F)c2)c(F)cc1Br. The first-order chi connectivity index (χ1) is 10.9. The van der Waals surface area contributed by atoms with Crippen LogP contribution in [0.15, 0.2) is 40.9 Å². The van der Waals surface area contributed by atoms with Gasteiger partial charge in [-0.1, -0.05) is 22.0 Å². The van der Waals surface area contributed by atoms with Gasteiger partial charge in [0, 0.05) is 16.5 Å². The van der Waals surface area contributed by atoms with Crippen LogP contribution in [0.1, 0.15) is 15.9 Å². The quantitative estimate of drug-likeness (QED) is 0.769. The molecule has 0 aliphatic heterocycles. The fourth-order valence-corrected chi connectivity index (χ4v) is 2.49. The molecule has 1 amide bonds. The highest BCUT2D eigenvalue weighted by molar-refractivity contribution is 9.10. The molecule has 1 N–H and O–H groups in total. The summed E-state index contributed by atoms with van der Waals surface area (Å²) in [4.78, 5) is 12.1. The minimum atomic E-state index is -0.617. The standard InChI is InChI=1S/C16H12BrF2NO2S/c1-22-15(23)7-10-6-14(13(19)8-12(10)17)20-16(21)9-3-2-4-11(18)5-9/h2-6,8H,7H2,1H3,(H,20,21). The van der Waals surface area contributed by atoms with Gasteiger partial charge in [0.1, 0.15) is 11.6 Å². The van der Waals surface area contributed by atoms with Crippen LogP contribution in [0.25, 0.3) is 0 Å². The monoisotopic (exact) mass is 399 g/mol. The van der Waals surface area contributed by atoms with Crippen LogP contribution in [-0.2, 0) is 11.2 Å². The zero-order chi connectivity index (χ0) is 17.0. The molecule has 0 saturated heterocycles. The Balaban J connectivity index is 2.27. The molecule has 3 nitrogen and oxygen atoms in total. The number of halogens is 3. The highest BCUT2D eigenvalue weighted by atomic mass is 79.9. The zero-order valence-corrected chi connectivity index (χ0v) is 14.4. The first kappa shape index (κ1) is 17.5. The van der Waals surface area contributed by atoms with Gasteiger partial charge in [-0.3, -0.25) is 4.79 Å². The van der Waals surface area contributed by atoms with Crippen LogP contribution in [0, 0.1) is 11.6 Å². The lowest BCUT2D eigenvalue weighted by Crippen LogP contribution is -2.14. The van der Waals surface area contributed by atoms with Gasteiger partial charge in [-0.2, -0.15) is 0 Å². The van der Waals surface area contributed by atoms with E-state index < -0.39 is 17.5 Å². The third-order valence-corrected chi connectivity index (χ3v) is 4.08. The molecular formula is C16H12BrF2NO2S. The highest BCUT2D eigenvalue weighted by Crippen LogP contribution is 2.26. The molecule has 0 spiro atoms. The molecule has 7 heteroatoms. The summed E-state index contributed by atoms with van der Waals surface area (Å²) in [7, 11) is 1.45. The third kappa shape index (κ3) is 4.56. The Morgan fingerprint density at radius 2 is 2.04 bits per heavy atom. The van der Waals surface area contributed by atoms with E-state index in [1.165, 1.54) is 37.4 Å².